The Morgan fingerprint density at radius 2 is 1.88 bits per heavy atom. The molecule has 2 amide bonds. The molecule has 24 heavy (non-hydrogen) atoms. The molecule has 0 aromatic heterocycles. The van der Waals surface area contributed by atoms with Gasteiger partial charge in [-0.05, 0) is 38.1 Å². The van der Waals surface area contributed by atoms with Gasteiger partial charge in [-0.1, -0.05) is 36.0 Å². The molecule has 0 radical (unpaired) electrons. The van der Waals surface area contributed by atoms with E-state index in [9.17, 15) is 14.4 Å². The molecule has 5 nitrogen and oxygen atoms in total. The van der Waals surface area contributed by atoms with Crippen LogP contribution >= 0.6 is 11.8 Å². The number of Topliss-reactive ketones (excluding diaryl/α,β-unsaturated/α-hetero) is 1. The summed E-state index contributed by atoms with van der Waals surface area (Å²) in [7, 11) is 0. The van der Waals surface area contributed by atoms with Gasteiger partial charge in [-0.3, -0.25) is 14.4 Å². The summed E-state index contributed by atoms with van der Waals surface area (Å²) in [5.74, 6) is -0.886. The average molecular weight is 340 g/mol. The van der Waals surface area contributed by atoms with Crippen LogP contribution in [0.2, 0.25) is 0 Å². The van der Waals surface area contributed by atoms with E-state index in [0.29, 0.717) is 16.9 Å². The van der Waals surface area contributed by atoms with Crippen molar-refractivity contribution in [2.24, 2.45) is 0 Å². The molecule has 0 saturated carbocycles. The monoisotopic (exact) mass is 340 g/mol. The van der Waals surface area contributed by atoms with Gasteiger partial charge in [-0.15, -0.1) is 0 Å². The van der Waals surface area contributed by atoms with E-state index in [2.05, 4.69) is 10.6 Å². The molecule has 3 rings (SSSR count). The van der Waals surface area contributed by atoms with Gasteiger partial charge >= 0.3 is 0 Å². The van der Waals surface area contributed by atoms with Crippen LogP contribution in [0.4, 0.5) is 11.4 Å². The van der Waals surface area contributed by atoms with Crippen molar-refractivity contribution in [2.45, 2.75) is 23.5 Å². The fourth-order valence-corrected chi connectivity index (χ4v) is 3.49. The lowest BCUT2D eigenvalue weighted by atomic mass is 10.1. The highest BCUT2D eigenvalue weighted by Gasteiger charge is 2.45. The maximum Gasteiger partial charge on any atom is 0.250 e. The number of carbonyl (C=O) groups is 3. The SMILES string of the molecule is CC(=O)c1cccc(NC(=O)C2(C)Sc3ccccc3NC2=O)c1. The first-order chi connectivity index (χ1) is 11.4. The van der Waals surface area contributed by atoms with Crippen LogP contribution in [0.15, 0.2) is 53.4 Å². The van der Waals surface area contributed by atoms with Gasteiger partial charge in [0, 0.05) is 16.1 Å². The molecule has 1 aliphatic rings. The van der Waals surface area contributed by atoms with Crippen LogP contribution in [0, 0.1) is 0 Å². The molecule has 1 heterocycles. The number of amides is 2. The first kappa shape index (κ1) is 16.3. The highest BCUT2D eigenvalue weighted by atomic mass is 32.2. The van der Waals surface area contributed by atoms with Gasteiger partial charge in [0.2, 0.25) is 11.8 Å². The Labute approximate surface area is 143 Å². The van der Waals surface area contributed by atoms with Crippen molar-refractivity contribution in [1.29, 1.82) is 0 Å². The number of ketones is 1. The molecule has 1 atom stereocenters. The minimum Gasteiger partial charge on any atom is -0.324 e. The molecule has 0 aliphatic carbocycles. The summed E-state index contributed by atoms with van der Waals surface area (Å²) in [5.41, 5.74) is 1.70. The number of hydrogen-bond acceptors (Lipinski definition) is 4. The zero-order valence-electron chi connectivity index (χ0n) is 13.3. The Morgan fingerprint density at radius 3 is 2.62 bits per heavy atom. The smallest absolute Gasteiger partial charge is 0.250 e. The van der Waals surface area contributed by atoms with E-state index < -0.39 is 10.7 Å². The summed E-state index contributed by atoms with van der Waals surface area (Å²) >= 11 is 1.21. The van der Waals surface area contributed by atoms with E-state index in [1.165, 1.54) is 18.7 Å². The number of nitrogens with one attached hydrogen (secondary N) is 2. The third kappa shape index (κ3) is 2.92. The Bertz CT molecular complexity index is 850. The minimum atomic E-state index is -1.29. The molecule has 1 aliphatic heterocycles. The normalized spacial score (nSPS) is 19.2. The Kier molecular flexibility index (Phi) is 4.15. The summed E-state index contributed by atoms with van der Waals surface area (Å²) in [6, 6.07) is 14.0. The number of thioether (sulfide) groups is 1. The lowest BCUT2D eigenvalue weighted by Gasteiger charge is -2.31. The first-order valence-corrected chi connectivity index (χ1v) is 8.24. The molecular formula is C18H16N2O3S. The number of fused-ring (bicyclic) bond motifs is 1. The number of carbonyl (C=O) groups excluding carboxylic acids is 3. The van der Waals surface area contributed by atoms with Crippen LogP contribution in [-0.2, 0) is 9.59 Å². The second-order valence-corrected chi connectivity index (χ2v) is 7.14. The topological polar surface area (TPSA) is 75.3 Å². The zero-order chi connectivity index (χ0) is 17.3. The molecule has 0 bridgehead atoms. The first-order valence-electron chi connectivity index (χ1n) is 7.42. The molecule has 2 N–H and O–H groups in total. The number of rotatable bonds is 3. The Hall–Kier alpha value is -2.60. The van der Waals surface area contributed by atoms with E-state index in [1.807, 2.05) is 18.2 Å². The summed E-state index contributed by atoms with van der Waals surface area (Å²) in [4.78, 5) is 37.4. The summed E-state index contributed by atoms with van der Waals surface area (Å²) in [6.07, 6.45) is 0. The summed E-state index contributed by atoms with van der Waals surface area (Å²) < 4.78 is -1.29. The third-order valence-electron chi connectivity index (χ3n) is 3.84. The largest absolute Gasteiger partial charge is 0.324 e. The fourth-order valence-electron chi connectivity index (χ4n) is 2.38. The highest BCUT2D eigenvalue weighted by Crippen LogP contribution is 2.42. The molecule has 1 unspecified atom stereocenters. The minimum absolute atomic E-state index is 0.0870. The quantitative estimate of drug-likeness (QED) is 0.664. The summed E-state index contributed by atoms with van der Waals surface area (Å²) in [6.45, 7) is 3.05. The van der Waals surface area contributed by atoms with Gasteiger partial charge in [0.1, 0.15) is 0 Å². The van der Waals surface area contributed by atoms with Gasteiger partial charge in [-0.25, -0.2) is 0 Å². The number of anilines is 2. The predicted molar refractivity (Wildman–Crippen MR) is 94.4 cm³/mol. The number of benzene rings is 2. The lowest BCUT2D eigenvalue weighted by Crippen LogP contribution is -2.49. The molecule has 2 aromatic rings. The van der Waals surface area contributed by atoms with Gasteiger partial charge in [0.25, 0.3) is 0 Å². The Morgan fingerprint density at radius 1 is 1.12 bits per heavy atom. The molecule has 6 heteroatoms. The van der Waals surface area contributed by atoms with Gasteiger partial charge in [-0.2, -0.15) is 0 Å². The fraction of sp³-hybridized carbons (Fsp3) is 0.167. The molecular weight excluding hydrogens is 324 g/mol. The van der Waals surface area contributed by atoms with Crippen LogP contribution in [-0.4, -0.2) is 22.3 Å². The molecule has 0 spiro atoms. The molecule has 0 fully saturated rings. The summed E-state index contributed by atoms with van der Waals surface area (Å²) in [5, 5.41) is 5.51. The van der Waals surface area contributed by atoms with Crippen molar-refractivity contribution in [2.75, 3.05) is 10.6 Å². The van der Waals surface area contributed by atoms with Crippen LogP contribution in [0.5, 0.6) is 0 Å². The zero-order valence-corrected chi connectivity index (χ0v) is 14.1. The third-order valence-corrected chi connectivity index (χ3v) is 5.20. The van der Waals surface area contributed by atoms with Crippen molar-refractivity contribution in [3.63, 3.8) is 0 Å². The van der Waals surface area contributed by atoms with Crippen molar-refractivity contribution in [3.05, 3.63) is 54.1 Å². The van der Waals surface area contributed by atoms with E-state index in [4.69, 9.17) is 0 Å². The van der Waals surface area contributed by atoms with Crippen LogP contribution in [0.25, 0.3) is 0 Å². The van der Waals surface area contributed by atoms with Gasteiger partial charge in [0.15, 0.2) is 10.5 Å². The second kappa shape index (κ2) is 6.13. The second-order valence-electron chi connectivity index (χ2n) is 5.68. The van der Waals surface area contributed by atoms with Crippen molar-refractivity contribution < 1.29 is 14.4 Å². The van der Waals surface area contributed by atoms with Crippen molar-refractivity contribution in [3.8, 4) is 0 Å². The van der Waals surface area contributed by atoms with Crippen LogP contribution < -0.4 is 10.6 Å². The lowest BCUT2D eigenvalue weighted by molar-refractivity contribution is -0.126. The molecule has 122 valence electrons. The maximum absolute atomic E-state index is 12.7. The van der Waals surface area contributed by atoms with E-state index >= 15 is 0 Å². The Balaban J connectivity index is 1.85. The molecule has 2 aromatic carbocycles. The molecule has 0 saturated heterocycles. The van der Waals surface area contributed by atoms with Crippen molar-refractivity contribution in [1.82, 2.24) is 0 Å². The average Bonchev–Trinajstić information content (AvgIpc) is 2.56. The van der Waals surface area contributed by atoms with E-state index in [0.717, 1.165) is 4.90 Å². The number of para-hydroxylation sites is 1. The van der Waals surface area contributed by atoms with E-state index in [-0.39, 0.29) is 11.7 Å². The van der Waals surface area contributed by atoms with Crippen LogP contribution in [0.1, 0.15) is 24.2 Å². The van der Waals surface area contributed by atoms with Crippen molar-refractivity contribution >= 4 is 40.7 Å². The highest BCUT2D eigenvalue weighted by molar-refractivity contribution is 8.02. The van der Waals surface area contributed by atoms with E-state index in [1.54, 1.807) is 37.3 Å². The van der Waals surface area contributed by atoms with Gasteiger partial charge < -0.3 is 10.6 Å². The predicted octanol–water partition coefficient (Wildman–Crippen LogP) is 3.33. The van der Waals surface area contributed by atoms with Gasteiger partial charge in [0.05, 0.1) is 5.69 Å². The number of hydrogen-bond donors (Lipinski definition) is 2. The van der Waals surface area contributed by atoms with Crippen LogP contribution in [0.3, 0.4) is 0 Å². The maximum atomic E-state index is 12.7. The standard InChI is InChI=1S/C18H16N2O3S/c1-11(21)12-6-5-7-13(10-12)19-16(22)18(2)17(23)20-14-8-3-4-9-15(14)24-18/h3-10H,1-2H3,(H,19,22)(H,20,23).